The third-order valence-electron chi connectivity index (χ3n) is 2.55. The first-order chi connectivity index (χ1) is 6.42. The van der Waals surface area contributed by atoms with Crippen LogP contribution in [0.4, 0.5) is 0 Å². The van der Waals surface area contributed by atoms with Gasteiger partial charge in [-0.1, -0.05) is 24.3 Å². The molecule has 1 unspecified atom stereocenters. The number of hydrogen-bond donors (Lipinski definition) is 1. The quantitative estimate of drug-likeness (QED) is 0.749. The molecule has 2 rings (SSSR count). The second-order valence-electron chi connectivity index (χ2n) is 3.40. The average Bonchev–Trinajstić information content (AvgIpc) is 2.70. The molecule has 13 heavy (non-hydrogen) atoms. The molecule has 0 spiro atoms. The third kappa shape index (κ3) is 1.74. The monoisotopic (exact) mass is 177 g/mol. The first kappa shape index (κ1) is 8.73. The van der Waals surface area contributed by atoms with Gasteiger partial charge >= 0.3 is 0 Å². The van der Waals surface area contributed by atoms with Crippen LogP contribution in [0.3, 0.4) is 0 Å². The zero-order valence-electron chi connectivity index (χ0n) is 7.70. The van der Waals surface area contributed by atoms with E-state index in [4.69, 9.17) is 10.5 Å². The Labute approximate surface area is 78.7 Å². The van der Waals surface area contributed by atoms with Crippen LogP contribution in [0.25, 0.3) is 0 Å². The Morgan fingerprint density at radius 2 is 2.23 bits per heavy atom. The Morgan fingerprint density at radius 3 is 2.92 bits per heavy atom. The fourth-order valence-corrected chi connectivity index (χ4v) is 1.86. The molecule has 0 aromatic heterocycles. The van der Waals surface area contributed by atoms with E-state index in [1.807, 2.05) is 6.07 Å². The molecular weight excluding hydrogens is 162 g/mol. The highest BCUT2D eigenvalue weighted by Crippen LogP contribution is 2.30. The summed E-state index contributed by atoms with van der Waals surface area (Å²) in [5.74, 6) is 0. The Kier molecular flexibility index (Phi) is 2.62. The standard InChI is InChI=1S/C11H15NO/c12-8-9-4-1-2-5-10(9)11-6-3-7-13-11/h1-2,4-5,11H,3,6-8,12H2. The van der Waals surface area contributed by atoms with Gasteiger partial charge < -0.3 is 10.5 Å². The van der Waals surface area contributed by atoms with Crippen LogP contribution in [0.1, 0.15) is 30.1 Å². The van der Waals surface area contributed by atoms with Crippen LogP contribution >= 0.6 is 0 Å². The molecule has 0 saturated carbocycles. The van der Waals surface area contributed by atoms with Crippen molar-refractivity contribution in [3.05, 3.63) is 35.4 Å². The summed E-state index contributed by atoms with van der Waals surface area (Å²) >= 11 is 0. The number of hydrogen-bond acceptors (Lipinski definition) is 2. The third-order valence-corrected chi connectivity index (χ3v) is 2.55. The molecule has 2 N–H and O–H groups in total. The average molecular weight is 177 g/mol. The minimum absolute atomic E-state index is 0.291. The summed E-state index contributed by atoms with van der Waals surface area (Å²) in [7, 11) is 0. The summed E-state index contributed by atoms with van der Waals surface area (Å²) in [6.45, 7) is 1.50. The summed E-state index contributed by atoms with van der Waals surface area (Å²) in [5.41, 5.74) is 8.16. The maximum absolute atomic E-state index is 5.66. The fourth-order valence-electron chi connectivity index (χ4n) is 1.86. The molecule has 2 nitrogen and oxygen atoms in total. The van der Waals surface area contributed by atoms with Crippen molar-refractivity contribution in [1.82, 2.24) is 0 Å². The molecule has 1 fully saturated rings. The summed E-state index contributed by atoms with van der Waals surface area (Å²) in [4.78, 5) is 0. The first-order valence-electron chi connectivity index (χ1n) is 4.81. The molecule has 1 aliphatic rings. The minimum Gasteiger partial charge on any atom is -0.374 e. The Morgan fingerprint density at radius 1 is 1.38 bits per heavy atom. The van der Waals surface area contributed by atoms with Crippen LogP contribution < -0.4 is 5.73 Å². The van der Waals surface area contributed by atoms with Gasteiger partial charge in [0.25, 0.3) is 0 Å². The lowest BCUT2D eigenvalue weighted by molar-refractivity contribution is 0.111. The number of ether oxygens (including phenoxy) is 1. The SMILES string of the molecule is NCc1ccccc1C1CCCO1. The van der Waals surface area contributed by atoms with E-state index in [0.29, 0.717) is 12.6 Å². The number of rotatable bonds is 2. The lowest BCUT2D eigenvalue weighted by atomic mass is 10.0. The molecule has 0 radical (unpaired) electrons. The topological polar surface area (TPSA) is 35.2 Å². The van der Waals surface area contributed by atoms with Gasteiger partial charge in [0.05, 0.1) is 6.10 Å². The van der Waals surface area contributed by atoms with Gasteiger partial charge in [-0.15, -0.1) is 0 Å². The number of benzene rings is 1. The van der Waals surface area contributed by atoms with E-state index in [1.165, 1.54) is 17.5 Å². The smallest absolute Gasteiger partial charge is 0.0828 e. The van der Waals surface area contributed by atoms with Gasteiger partial charge in [0.15, 0.2) is 0 Å². The van der Waals surface area contributed by atoms with Crippen molar-refractivity contribution in [2.45, 2.75) is 25.5 Å². The summed E-state index contributed by atoms with van der Waals surface area (Å²) in [6, 6.07) is 8.28. The maximum Gasteiger partial charge on any atom is 0.0828 e. The Balaban J connectivity index is 2.26. The second-order valence-corrected chi connectivity index (χ2v) is 3.40. The number of nitrogens with two attached hydrogens (primary N) is 1. The zero-order valence-corrected chi connectivity index (χ0v) is 7.70. The Bertz CT molecular complexity index is 279. The van der Waals surface area contributed by atoms with Gasteiger partial charge in [-0.3, -0.25) is 0 Å². The highest BCUT2D eigenvalue weighted by atomic mass is 16.5. The minimum atomic E-state index is 0.291. The van der Waals surface area contributed by atoms with E-state index in [2.05, 4.69) is 18.2 Å². The van der Waals surface area contributed by atoms with Gasteiger partial charge in [0, 0.05) is 13.2 Å². The van der Waals surface area contributed by atoms with Crippen LogP contribution in [-0.2, 0) is 11.3 Å². The van der Waals surface area contributed by atoms with Crippen LogP contribution in [0.2, 0.25) is 0 Å². The molecule has 0 aliphatic carbocycles. The van der Waals surface area contributed by atoms with E-state index in [0.717, 1.165) is 13.0 Å². The van der Waals surface area contributed by atoms with Crippen molar-refractivity contribution in [3.8, 4) is 0 Å². The molecule has 0 amide bonds. The van der Waals surface area contributed by atoms with Crippen molar-refractivity contribution >= 4 is 0 Å². The second kappa shape index (κ2) is 3.90. The molecule has 1 atom stereocenters. The normalized spacial score (nSPS) is 22.1. The van der Waals surface area contributed by atoms with Crippen molar-refractivity contribution in [2.24, 2.45) is 5.73 Å². The molecule has 1 heterocycles. The lowest BCUT2D eigenvalue weighted by Crippen LogP contribution is -2.05. The van der Waals surface area contributed by atoms with Crippen LogP contribution in [0.5, 0.6) is 0 Å². The van der Waals surface area contributed by atoms with Crippen molar-refractivity contribution in [1.29, 1.82) is 0 Å². The highest BCUT2D eigenvalue weighted by Gasteiger charge is 2.19. The molecule has 1 saturated heterocycles. The highest BCUT2D eigenvalue weighted by molar-refractivity contribution is 5.29. The Hall–Kier alpha value is -0.860. The molecule has 1 aromatic carbocycles. The van der Waals surface area contributed by atoms with E-state index >= 15 is 0 Å². The zero-order chi connectivity index (χ0) is 9.10. The van der Waals surface area contributed by atoms with Gasteiger partial charge in [-0.25, -0.2) is 0 Å². The molecule has 1 aromatic rings. The van der Waals surface area contributed by atoms with Gasteiger partial charge in [-0.05, 0) is 24.0 Å². The van der Waals surface area contributed by atoms with Crippen molar-refractivity contribution in [2.75, 3.05) is 6.61 Å². The molecule has 2 heteroatoms. The van der Waals surface area contributed by atoms with Gasteiger partial charge in [-0.2, -0.15) is 0 Å². The molecule has 1 aliphatic heterocycles. The van der Waals surface area contributed by atoms with Crippen LogP contribution in [-0.4, -0.2) is 6.61 Å². The molecule has 70 valence electrons. The van der Waals surface area contributed by atoms with E-state index in [1.54, 1.807) is 0 Å². The predicted molar refractivity (Wildman–Crippen MR) is 52.3 cm³/mol. The van der Waals surface area contributed by atoms with Gasteiger partial charge in [0.1, 0.15) is 0 Å². The summed E-state index contributed by atoms with van der Waals surface area (Å²) in [5, 5.41) is 0. The summed E-state index contributed by atoms with van der Waals surface area (Å²) < 4.78 is 5.63. The van der Waals surface area contributed by atoms with E-state index in [-0.39, 0.29) is 0 Å². The fraction of sp³-hybridized carbons (Fsp3) is 0.455. The van der Waals surface area contributed by atoms with Crippen molar-refractivity contribution in [3.63, 3.8) is 0 Å². The predicted octanol–water partition coefficient (Wildman–Crippen LogP) is 2.00. The van der Waals surface area contributed by atoms with Gasteiger partial charge in [0.2, 0.25) is 0 Å². The van der Waals surface area contributed by atoms with E-state index < -0.39 is 0 Å². The van der Waals surface area contributed by atoms with E-state index in [9.17, 15) is 0 Å². The largest absolute Gasteiger partial charge is 0.374 e. The maximum atomic E-state index is 5.66. The van der Waals surface area contributed by atoms with Crippen molar-refractivity contribution < 1.29 is 4.74 Å². The summed E-state index contributed by atoms with van der Waals surface area (Å²) in [6.07, 6.45) is 2.60. The van der Waals surface area contributed by atoms with Crippen LogP contribution in [0.15, 0.2) is 24.3 Å². The first-order valence-corrected chi connectivity index (χ1v) is 4.81. The lowest BCUT2D eigenvalue weighted by Gasteiger charge is -2.13. The molecule has 0 bridgehead atoms. The molecular formula is C11H15NO. The van der Waals surface area contributed by atoms with Crippen LogP contribution in [0, 0.1) is 0 Å².